The molecular weight excluding hydrogens is 460 g/mol. The molecule has 0 fully saturated rings. The van der Waals surface area contributed by atoms with E-state index in [1.807, 2.05) is 86.6 Å². The van der Waals surface area contributed by atoms with E-state index in [9.17, 15) is 9.59 Å². The highest BCUT2D eigenvalue weighted by Gasteiger charge is 2.24. The molecule has 0 unspecified atom stereocenters. The van der Waals surface area contributed by atoms with Crippen molar-refractivity contribution in [3.8, 4) is 0 Å². The van der Waals surface area contributed by atoms with E-state index in [0.29, 0.717) is 11.4 Å². The molecule has 0 bridgehead atoms. The van der Waals surface area contributed by atoms with Crippen LogP contribution in [-0.4, -0.2) is 20.3 Å². The van der Waals surface area contributed by atoms with Gasteiger partial charge in [0.05, 0.1) is 0 Å². The van der Waals surface area contributed by atoms with E-state index in [-0.39, 0.29) is 10.2 Å². The van der Waals surface area contributed by atoms with Gasteiger partial charge in [0.15, 0.2) is 0 Å². The minimum atomic E-state index is -0.0617. The van der Waals surface area contributed by atoms with Crippen LogP contribution >= 0.6 is 23.5 Å². The highest BCUT2D eigenvalue weighted by molar-refractivity contribution is 8.28. The van der Waals surface area contributed by atoms with Crippen molar-refractivity contribution in [3.05, 3.63) is 118 Å². The number of rotatable bonds is 4. The Morgan fingerprint density at radius 2 is 0.912 bits per heavy atom. The summed E-state index contributed by atoms with van der Waals surface area (Å²) in [5.41, 5.74) is 6.83. The first kappa shape index (κ1) is 22.3. The van der Waals surface area contributed by atoms with Crippen molar-refractivity contribution in [1.29, 1.82) is 0 Å². The Kier molecular flexibility index (Phi) is 6.18. The molecule has 6 heteroatoms. The van der Waals surface area contributed by atoms with Crippen molar-refractivity contribution in [3.63, 3.8) is 0 Å². The third-order valence-corrected chi connectivity index (χ3v) is 7.21. The lowest BCUT2D eigenvalue weighted by Crippen LogP contribution is -1.92. The number of aliphatic imine (C=N–C) groups is 2. The molecule has 0 saturated carbocycles. The first-order valence-electron chi connectivity index (χ1n) is 10.7. The van der Waals surface area contributed by atoms with Crippen molar-refractivity contribution in [2.75, 3.05) is 0 Å². The molecule has 0 aromatic heterocycles. The molecule has 0 spiro atoms. The van der Waals surface area contributed by atoms with Crippen LogP contribution in [0.2, 0.25) is 0 Å². The van der Waals surface area contributed by atoms with Gasteiger partial charge in [-0.2, -0.15) is 0 Å². The average Bonchev–Trinajstić information content (AvgIpc) is 3.38. The summed E-state index contributed by atoms with van der Waals surface area (Å²) in [5, 5.41) is 1.32. The molecule has 34 heavy (non-hydrogen) atoms. The lowest BCUT2D eigenvalue weighted by molar-refractivity contribution is -0.108. The van der Waals surface area contributed by atoms with E-state index < -0.39 is 0 Å². The molecule has 2 heterocycles. The van der Waals surface area contributed by atoms with Gasteiger partial charge < -0.3 is 0 Å². The van der Waals surface area contributed by atoms with Crippen LogP contribution in [0.1, 0.15) is 33.4 Å². The second-order valence-corrected chi connectivity index (χ2v) is 9.99. The molecule has 2 aliphatic rings. The van der Waals surface area contributed by atoms with Gasteiger partial charge in [0.1, 0.15) is 21.5 Å². The number of benzene rings is 3. The Morgan fingerprint density at radius 1 is 0.559 bits per heavy atom. The minimum Gasteiger partial charge on any atom is -0.279 e. The van der Waals surface area contributed by atoms with Crippen molar-refractivity contribution in [1.82, 2.24) is 0 Å². The van der Waals surface area contributed by atoms with Crippen LogP contribution in [0.3, 0.4) is 0 Å². The number of aryl methyl sites for hydroxylation is 2. The van der Waals surface area contributed by atoms with Crippen LogP contribution in [0.25, 0.3) is 12.2 Å². The summed E-state index contributed by atoms with van der Waals surface area (Å²) in [4.78, 5) is 34.0. The molecule has 2 aliphatic heterocycles. The standard InChI is InChI=1S/C28H20N2O2S2/c1-17-3-11-21(12-4-17)25-29-23(27(31)33-25)15-19-7-9-20(10-8-19)16-24-28(32)34-26(30-24)22-13-5-18(2)6-14-22/h3-16H,1-2H3. The van der Waals surface area contributed by atoms with E-state index in [2.05, 4.69) is 9.98 Å². The van der Waals surface area contributed by atoms with Gasteiger partial charge in [-0.3, -0.25) is 9.59 Å². The molecule has 0 amide bonds. The maximum Gasteiger partial charge on any atom is 0.244 e. The largest absolute Gasteiger partial charge is 0.279 e. The van der Waals surface area contributed by atoms with Crippen molar-refractivity contribution < 1.29 is 9.59 Å². The van der Waals surface area contributed by atoms with Gasteiger partial charge in [0, 0.05) is 11.1 Å². The number of hydrogen-bond donors (Lipinski definition) is 0. The normalized spacial score (nSPS) is 18.1. The molecule has 0 aliphatic carbocycles. The lowest BCUT2D eigenvalue weighted by Gasteiger charge is -1.98. The zero-order chi connectivity index (χ0) is 23.7. The summed E-state index contributed by atoms with van der Waals surface area (Å²) in [6, 6.07) is 23.6. The Labute approximate surface area is 206 Å². The summed E-state index contributed by atoms with van der Waals surface area (Å²) in [7, 11) is 0. The molecule has 4 nitrogen and oxygen atoms in total. The van der Waals surface area contributed by atoms with Crippen LogP contribution in [-0.2, 0) is 9.59 Å². The summed E-state index contributed by atoms with van der Waals surface area (Å²) in [6.07, 6.45) is 3.58. The Balaban J connectivity index is 1.34. The van der Waals surface area contributed by atoms with Gasteiger partial charge in [-0.15, -0.1) is 0 Å². The quantitative estimate of drug-likeness (QED) is 0.404. The topological polar surface area (TPSA) is 58.9 Å². The first-order valence-corrected chi connectivity index (χ1v) is 12.4. The van der Waals surface area contributed by atoms with Gasteiger partial charge in [0.2, 0.25) is 10.2 Å². The number of hydrogen-bond acceptors (Lipinski definition) is 6. The summed E-state index contributed by atoms with van der Waals surface area (Å²) in [5.74, 6) is 0. The number of nitrogens with zero attached hydrogens (tertiary/aromatic N) is 2. The number of carbonyl (C=O) groups is 2. The molecule has 3 aromatic rings. The molecule has 3 aromatic carbocycles. The van der Waals surface area contributed by atoms with Crippen molar-refractivity contribution in [2.45, 2.75) is 13.8 Å². The van der Waals surface area contributed by atoms with E-state index >= 15 is 0 Å². The zero-order valence-corrected chi connectivity index (χ0v) is 20.2. The van der Waals surface area contributed by atoms with Crippen LogP contribution < -0.4 is 0 Å². The van der Waals surface area contributed by atoms with Crippen LogP contribution in [0.15, 0.2) is 94.2 Å². The Hall–Kier alpha value is -3.48. The van der Waals surface area contributed by atoms with E-state index in [1.54, 1.807) is 12.2 Å². The monoisotopic (exact) mass is 480 g/mol. The molecule has 5 rings (SSSR count). The van der Waals surface area contributed by atoms with Gasteiger partial charge in [0.25, 0.3) is 0 Å². The summed E-state index contributed by atoms with van der Waals surface area (Å²) < 4.78 is 0. The van der Waals surface area contributed by atoms with Crippen LogP contribution in [0.5, 0.6) is 0 Å². The van der Waals surface area contributed by atoms with E-state index in [4.69, 9.17) is 0 Å². The van der Waals surface area contributed by atoms with Crippen molar-refractivity contribution >= 4 is 56.0 Å². The fourth-order valence-electron chi connectivity index (χ4n) is 3.46. The number of thioether (sulfide) groups is 2. The van der Waals surface area contributed by atoms with Crippen molar-refractivity contribution in [2.24, 2.45) is 9.98 Å². The summed E-state index contributed by atoms with van der Waals surface area (Å²) >= 11 is 2.31. The highest BCUT2D eigenvalue weighted by atomic mass is 32.2. The predicted molar refractivity (Wildman–Crippen MR) is 143 cm³/mol. The van der Waals surface area contributed by atoms with Gasteiger partial charge >= 0.3 is 0 Å². The maximum atomic E-state index is 12.4. The molecule has 0 saturated heterocycles. The minimum absolute atomic E-state index is 0.0617. The van der Waals surface area contributed by atoms with Crippen LogP contribution in [0, 0.1) is 13.8 Å². The third-order valence-electron chi connectivity index (χ3n) is 5.38. The number of carbonyl (C=O) groups excluding carboxylic acids is 2. The van der Waals surface area contributed by atoms with E-state index in [1.165, 1.54) is 11.1 Å². The zero-order valence-electron chi connectivity index (χ0n) is 18.6. The maximum absolute atomic E-state index is 12.4. The second kappa shape index (κ2) is 9.41. The fourth-order valence-corrected chi connectivity index (χ4v) is 5.03. The lowest BCUT2D eigenvalue weighted by atomic mass is 10.1. The first-order chi connectivity index (χ1) is 16.4. The highest BCUT2D eigenvalue weighted by Crippen LogP contribution is 2.31. The Bertz CT molecular complexity index is 1300. The van der Waals surface area contributed by atoms with Gasteiger partial charge in [-0.1, -0.05) is 83.9 Å². The fraction of sp³-hybridized carbons (Fsp3) is 0.0714. The Morgan fingerprint density at radius 3 is 1.26 bits per heavy atom. The average molecular weight is 481 g/mol. The molecule has 0 N–H and O–H groups in total. The third kappa shape index (κ3) is 4.88. The molecule has 0 atom stereocenters. The summed E-state index contributed by atoms with van der Waals surface area (Å²) in [6.45, 7) is 4.06. The van der Waals surface area contributed by atoms with Gasteiger partial charge in [-0.25, -0.2) is 9.98 Å². The predicted octanol–water partition coefficient (Wildman–Crippen LogP) is 6.43. The second-order valence-electron chi connectivity index (χ2n) is 8.07. The smallest absolute Gasteiger partial charge is 0.244 e. The SMILES string of the molecule is Cc1ccc(C2=NC(=Cc3ccc(C=C4N=C(c5ccc(C)cc5)SC4=O)cc3)C(=O)S2)cc1. The van der Waals surface area contributed by atoms with Crippen LogP contribution in [0.4, 0.5) is 0 Å². The molecule has 0 radical (unpaired) electrons. The van der Waals surface area contributed by atoms with E-state index in [0.717, 1.165) is 55.9 Å². The molecule has 166 valence electrons. The molecular formula is C28H20N2O2S2. The van der Waals surface area contributed by atoms with Gasteiger partial charge in [-0.05, 0) is 60.7 Å².